The summed E-state index contributed by atoms with van der Waals surface area (Å²) in [5.41, 5.74) is 22.9. The second-order valence-electron chi connectivity index (χ2n) is 19.2. The van der Waals surface area contributed by atoms with Crippen LogP contribution < -0.4 is 0 Å². The van der Waals surface area contributed by atoms with Gasteiger partial charge in [-0.2, -0.15) is 0 Å². The molecule has 326 valence electrons. The molecule has 69 heavy (non-hydrogen) atoms. The Labute approximate surface area is 403 Å². The van der Waals surface area contributed by atoms with E-state index >= 15 is 0 Å². The third kappa shape index (κ3) is 7.09. The van der Waals surface area contributed by atoms with Crippen LogP contribution in [-0.4, -0.2) is 0 Å². The first-order valence-corrected chi connectivity index (χ1v) is 24.1. The van der Waals surface area contributed by atoms with Crippen molar-refractivity contribution in [3.63, 3.8) is 0 Å². The van der Waals surface area contributed by atoms with E-state index < -0.39 is 0 Å². The van der Waals surface area contributed by atoms with Crippen LogP contribution in [0.25, 0.3) is 99.5 Å². The molecule has 0 bridgehead atoms. The molecule has 0 amide bonds. The minimum atomic E-state index is -0.213. The smallest absolute Gasteiger partial charge is 0.143 e. The van der Waals surface area contributed by atoms with E-state index in [2.05, 4.69) is 263 Å². The summed E-state index contributed by atoms with van der Waals surface area (Å²) >= 11 is 0. The van der Waals surface area contributed by atoms with Crippen LogP contribution in [0, 0.1) is 0 Å². The average Bonchev–Trinajstić information content (AvgIpc) is 3.90. The summed E-state index contributed by atoms with van der Waals surface area (Å²) in [5, 5.41) is 4.65. The van der Waals surface area contributed by atoms with Crippen molar-refractivity contribution in [3.05, 3.63) is 277 Å². The quantitative estimate of drug-likeness (QED) is 0.139. The molecule has 0 unspecified atom stereocenters. The van der Waals surface area contributed by atoms with E-state index in [9.17, 15) is 0 Å². The predicted molar refractivity (Wildman–Crippen MR) is 290 cm³/mol. The molecular formula is C68H48O. The maximum Gasteiger partial charge on any atom is 0.143 e. The van der Waals surface area contributed by atoms with Gasteiger partial charge in [0.15, 0.2) is 0 Å². The Hall–Kier alpha value is -8.52. The van der Waals surface area contributed by atoms with Crippen LogP contribution in [0.3, 0.4) is 0 Å². The maximum atomic E-state index is 6.62. The molecule has 1 aromatic heterocycles. The van der Waals surface area contributed by atoms with Gasteiger partial charge in [0, 0.05) is 27.5 Å². The highest BCUT2D eigenvalue weighted by molar-refractivity contribution is 6.15. The molecule has 0 N–H and O–H groups in total. The minimum absolute atomic E-state index is 0.0297. The van der Waals surface area contributed by atoms with E-state index in [4.69, 9.17) is 4.42 Å². The van der Waals surface area contributed by atoms with Crippen LogP contribution in [0.5, 0.6) is 0 Å². The van der Waals surface area contributed by atoms with E-state index in [1.807, 2.05) is 0 Å². The average molecular weight is 881 g/mol. The molecule has 1 heteroatoms. The summed E-state index contributed by atoms with van der Waals surface area (Å²) in [7, 11) is 0. The molecule has 1 aliphatic rings. The summed E-state index contributed by atoms with van der Waals surface area (Å²) in [4.78, 5) is 0. The molecular weight excluding hydrogens is 833 g/mol. The summed E-state index contributed by atoms with van der Waals surface area (Å²) in [5.74, 6) is 0.0297. The molecule has 12 aromatic rings. The van der Waals surface area contributed by atoms with E-state index in [0.717, 1.165) is 32.9 Å². The maximum absolute atomic E-state index is 6.62. The third-order valence-corrected chi connectivity index (χ3v) is 14.9. The third-order valence-electron chi connectivity index (χ3n) is 14.9. The lowest BCUT2D eigenvalue weighted by atomic mass is 9.78. The zero-order valence-corrected chi connectivity index (χ0v) is 38.7. The van der Waals surface area contributed by atoms with Crippen molar-refractivity contribution < 1.29 is 4.42 Å². The van der Waals surface area contributed by atoms with Crippen molar-refractivity contribution in [1.82, 2.24) is 0 Å². The Morgan fingerprint density at radius 1 is 0.304 bits per heavy atom. The summed E-state index contributed by atoms with van der Waals surface area (Å²) in [6, 6.07) is 91.4. The molecule has 0 saturated carbocycles. The zero-order chi connectivity index (χ0) is 46.1. The Balaban J connectivity index is 0.850. The van der Waals surface area contributed by atoms with E-state index in [1.165, 1.54) is 94.4 Å². The predicted octanol–water partition coefficient (Wildman–Crippen LogP) is 18.6. The molecule has 0 atom stereocenters. The van der Waals surface area contributed by atoms with Gasteiger partial charge in [-0.05, 0) is 124 Å². The lowest BCUT2D eigenvalue weighted by Gasteiger charge is -2.25. The molecule has 1 aliphatic carbocycles. The van der Waals surface area contributed by atoms with Gasteiger partial charge in [0.25, 0.3) is 0 Å². The summed E-state index contributed by atoms with van der Waals surface area (Å²) < 4.78 is 6.62. The fourth-order valence-electron chi connectivity index (χ4n) is 11.1. The monoisotopic (exact) mass is 880 g/mol. The van der Waals surface area contributed by atoms with Crippen LogP contribution in [0.2, 0.25) is 0 Å². The van der Waals surface area contributed by atoms with E-state index in [0.29, 0.717) is 0 Å². The Kier molecular flexibility index (Phi) is 9.66. The molecule has 13 rings (SSSR count). The number of rotatable bonds is 8. The van der Waals surface area contributed by atoms with Crippen molar-refractivity contribution >= 4 is 32.7 Å². The number of fused-ring (bicyclic) bond motifs is 8. The molecule has 0 aliphatic heterocycles. The number of hydrogen-bond donors (Lipinski definition) is 0. The highest BCUT2D eigenvalue weighted by atomic mass is 16.3. The van der Waals surface area contributed by atoms with Gasteiger partial charge in [-0.15, -0.1) is 0 Å². The molecule has 1 nitrogen and oxygen atoms in total. The number of benzene rings is 11. The van der Waals surface area contributed by atoms with Gasteiger partial charge < -0.3 is 4.42 Å². The van der Waals surface area contributed by atoms with Crippen molar-refractivity contribution in [2.75, 3.05) is 0 Å². The van der Waals surface area contributed by atoms with E-state index in [1.54, 1.807) is 0 Å². The van der Waals surface area contributed by atoms with Crippen molar-refractivity contribution in [3.8, 4) is 66.8 Å². The lowest BCUT2D eigenvalue weighted by molar-refractivity contribution is 0.659. The topological polar surface area (TPSA) is 13.1 Å². The van der Waals surface area contributed by atoms with Crippen molar-refractivity contribution in [2.45, 2.75) is 25.2 Å². The van der Waals surface area contributed by atoms with Gasteiger partial charge in [0.05, 0.1) is 0 Å². The zero-order valence-electron chi connectivity index (χ0n) is 38.7. The van der Waals surface area contributed by atoms with Crippen molar-refractivity contribution in [1.29, 1.82) is 0 Å². The fourth-order valence-corrected chi connectivity index (χ4v) is 11.1. The van der Waals surface area contributed by atoms with Gasteiger partial charge in [-0.25, -0.2) is 0 Å². The molecule has 0 radical (unpaired) electrons. The Morgan fingerprint density at radius 2 is 0.710 bits per heavy atom. The summed E-state index contributed by atoms with van der Waals surface area (Å²) in [6.07, 6.45) is 0. The molecule has 11 aromatic carbocycles. The van der Waals surface area contributed by atoms with Crippen molar-refractivity contribution in [2.24, 2.45) is 0 Å². The SMILES string of the molecule is CC1(C)c2cc(-c3ccc4c(c3)oc3c5ccccc5ccc43)ccc2-c2ccc(C(c3ccc(-c4ccc(-c5ccccc5)cc4)cc3)c3ccc(-c4ccc(-c5ccccc5)cc4)cc3)cc21. The highest BCUT2D eigenvalue weighted by Gasteiger charge is 2.36. The molecule has 1 heterocycles. The van der Waals surface area contributed by atoms with Crippen LogP contribution >= 0.6 is 0 Å². The van der Waals surface area contributed by atoms with Gasteiger partial charge in [-0.1, -0.05) is 238 Å². The molecule has 0 saturated heterocycles. The van der Waals surface area contributed by atoms with Gasteiger partial charge in [0.2, 0.25) is 0 Å². The Bertz CT molecular complexity index is 3730. The fraction of sp³-hybridized carbons (Fsp3) is 0.0588. The standard InChI is InChI=1S/C68H48O/c1-68(2)63-41-55(56-35-39-61-62-40-33-52-15-9-10-16-58(52)67(62)69-65(61)43-56)34-37-59(63)60-38-36-57(42-64(60)68)66(53-29-25-50(26-30-53)48-21-17-46(18-22-48)44-11-5-3-6-12-44)54-31-27-51(28-32-54)49-23-19-47(20-24-49)45-13-7-4-8-14-45/h3-43,66H,1-2H3. The summed E-state index contributed by atoms with van der Waals surface area (Å²) in [6.45, 7) is 4.78. The molecule has 0 fully saturated rings. The van der Waals surface area contributed by atoms with Crippen LogP contribution in [0.15, 0.2) is 253 Å². The second kappa shape index (κ2) is 16.4. The van der Waals surface area contributed by atoms with Gasteiger partial charge in [-0.3, -0.25) is 0 Å². The first-order valence-electron chi connectivity index (χ1n) is 24.1. The second-order valence-corrected chi connectivity index (χ2v) is 19.2. The largest absolute Gasteiger partial charge is 0.455 e. The number of furan rings is 1. The Morgan fingerprint density at radius 3 is 1.28 bits per heavy atom. The minimum Gasteiger partial charge on any atom is -0.455 e. The first kappa shape index (κ1) is 40.7. The van der Waals surface area contributed by atoms with Gasteiger partial charge in [0.1, 0.15) is 11.2 Å². The van der Waals surface area contributed by atoms with Crippen LogP contribution in [0.1, 0.15) is 47.6 Å². The molecule has 0 spiro atoms. The normalized spacial score (nSPS) is 12.7. The van der Waals surface area contributed by atoms with Crippen LogP contribution in [0.4, 0.5) is 0 Å². The van der Waals surface area contributed by atoms with Crippen LogP contribution in [-0.2, 0) is 5.41 Å². The van der Waals surface area contributed by atoms with Gasteiger partial charge >= 0.3 is 0 Å². The van der Waals surface area contributed by atoms with E-state index in [-0.39, 0.29) is 11.3 Å². The first-order chi connectivity index (χ1) is 33.9. The number of hydrogen-bond acceptors (Lipinski definition) is 1. The highest BCUT2D eigenvalue weighted by Crippen LogP contribution is 2.51. The lowest BCUT2D eigenvalue weighted by Crippen LogP contribution is -2.16.